The lowest BCUT2D eigenvalue weighted by molar-refractivity contribution is 0.292. The van der Waals surface area contributed by atoms with E-state index in [2.05, 4.69) is 11.1 Å². The van der Waals surface area contributed by atoms with Crippen LogP contribution in [0.3, 0.4) is 0 Å². The van der Waals surface area contributed by atoms with Gasteiger partial charge >= 0.3 is 0 Å². The number of imidazole rings is 1. The van der Waals surface area contributed by atoms with Crippen LogP contribution in [0.5, 0.6) is 5.75 Å². The number of fused-ring (bicyclic) bond motifs is 1. The molecule has 0 fully saturated rings. The molecule has 0 atom stereocenters. The van der Waals surface area contributed by atoms with Crippen molar-refractivity contribution in [2.24, 2.45) is 0 Å². The van der Waals surface area contributed by atoms with Gasteiger partial charge in [0.15, 0.2) is 0 Å². The summed E-state index contributed by atoms with van der Waals surface area (Å²) in [5.74, 6) is 1.31. The third-order valence-electron chi connectivity index (χ3n) is 3.16. The summed E-state index contributed by atoms with van der Waals surface area (Å²) in [5.41, 5.74) is 1.78. The van der Waals surface area contributed by atoms with Crippen molar-refractivity contribution in [2.45, 2.75) is 13.2 Å². The van der Waals surface area contributed by atoms with Crippen molar-refractivity contribution in [1.82, 2.24) is 9.55 Å². The molecule has 104 valence electrons. The van der Waals surface area contributed by atoms with E-state index in [1.54, 1.807) is 12.1 Å². The lowest BCUT2D eigenvalue weighted by atomic mass is 10.3. The molecular formula is C16H12ClN3O. The van der Waals surface area contributed by atoms with Gasteiger partial charge < -0.3 is 9.30 Å². The standard InChI is InChI=1S/C16H12ClN3O/c17-12-5-1-4-8-15(12)21-11-16-19-13-6-2-3-7-14(13)20(16)10-9-18/h1-8H,10-11H2. The maximum atomic E-state index is 8.99. The highest BCUT2D eigenvalue weighted by Crippen LogP contribution is 2.24. The second-order valence-corrected chi connectivity index (χ2v) is 4.89. The molecule has 0 aliphatic carbocycles. The molecule has 0 amide bonds. The van der Waals surface area contributed by atoms with E-state index >= 15 is 0 Å². The van der Waals surface area contributed by atoms with Crippen LogP contribution in [0.25, 0.3) is 11.0 Å². The van der Waals surface area contributed by atoms with E-state index in [1.807, 2.05) is 41.0 Å². The molecule has 1 aromatic heterocycles. The van der Waals surface area contributed by atoms with E-state index in [9.17, 15) is 0 Å². The molecule has 0 bridgehead atoms. The van der Waals surface area contributed by atoms with Gasteiger partial charge in [-0.25, -0.2) is 4.98 Å². The Hall–Kier alpha value is -2.51. The zero-order chi connectivity index (χ0) is 14.7. The van der Waals surface area contributed by atoms with Crippen LogP contribution in [0.2, 0.25) is 5.02 Å². The third kappa shape index (κ3) is 2.69. The molecule has 0 saturated carbocycles. The van der Waals surface area contributed by atoms with Gasteiger partial charge in [-0.15, -0.1) is 0 Å². The molecule has 21 heavy (non-hydrogen) atoms. The fraction of sp³-hybridized carbons (Fsp3) is 0.125. The molecule has 0 spiro atoms. The number of ether oxygens (including phenoxy) is 1. The predicted molar refractivity (Wildman–Crippen MR) is 81.1 cm³/mol. The molecule has 0 saturated heterocycles. The van der Waals surface area contributed by atoms with E-state index in [-0.39, 0.29) is 13.2 Å². The van der Waals surface area contributed by atoms with Crippen molar-refractivity contribution in [3.05, 3.63) is 59.4 Å². The van der Waals surface area contributed by atoms with Crippen LogP contribution in [0.4, 0.5) is 0 Å². The van der Waals surface area contributed by atoms with Crippen molar-refractivity contribution >= 4 is 22.6 Å². The predicted octanol–water partition coefficient (Wildman–Crippen LogP) is 3.79. The molecular weight excluding hydrogens is 286 g/mol. The maximum Gasteiger partial charge on any atom is 0.148 e. The van der Waals surface area contributed by atoms with E-state index in [0.29, 0.717) is 16.6 Å². The molecule has 1 heterocycles. The van der Waals surface area contributed by atoms with Gasteiger partial charge in [-0.05, 0) is 24.3 Å². The normalized spacial score (nSPS) is 10.5. The first kappa shape index (κ1) is 13.5. The highest BCUT2D eigenvalue weighted by molar-refractivity contribution is 6.32. The number of hydrogen-bond donors (Lipinski definition) is 0. The zero-order valence-electron chi connectivity index (χ0n) is 11.2. The SMILES string of the molecule is N#CCn1c(COc2ccccc2Cl)nc2ccccc21. The van der Waals surface area contributed by atoms with Gasteiger partial charge in [-0.3, -0.25) is 0 Å². The summed E-state index contributed by atoms with van der Waals surface area (Å²) in [6, 6.07) is 17.2. The fourth-order valence-corrected chi connectivity index (χ4v) is 2.38. The zero-order valence-corrected chi connectivity index (χ0v) is 11.9. The lowest BCUT2D eigenvalue weighted by Crippen LogP contribution is -2.06. The first-order valence-electron chi connectivity index (χ1n) is 6.48. The fourth-order valence-electron chi connectivity index (χ4n) is 2.19. The Bertz CT molecular complexity index is 820. The molecule has 0 radical (unpaired) electrons. The van der Waals surface area contributed by atoms with Crippen LogP contribution >= 0.6 is 11.6 Å². The Morgan fingerprint density at radius 3 is 2.71 bits per heavy atom. The van der Waals surface area contributed by atoms with Gasteiger partial charge in [0.25, 0.3) is 0 Å². The summed E-state index contributed by atoms with van der Waals surface area (Å²) >= 11 is 6.07. The average molecular weight is 298 g/mol. The first-order valence-corrected chi connectivity index (χ1v) is 6.86. The van der Waals surface area contributed by atoms with Crippen molar-refractivity contribution in [2.75, 3.05) is 0 Å². The Morgan fingerprint density at radius 1 is 1.14 bits per heavy atom. The second kappa shape index (κ2) is 5.86. The van der Waals surface area contributed by atoms with Gasteiger partial charge in [0.05, 0.1) is 22.1 Å². The number of para-hydroxylation sites is 3. The number of nitrogens with zero attached hydrogens (tertiary/aromatic N) is 3. The molecule has 4 nitrogen and oxygen atoms in total. The van der Waals surface area contributed by atoms with Crippen molar-refractivity contribution in [3.8, 4) is 11.8 Å². The Balaban J connectivity index is 1.92. The maximum absolute atomic E-state index is 8.99. The number of halogens is 1. The quantitative estimate of drug-likeness (QED) is 0.736. The van der Waals surface area contributed by atoms with Crippen molar-refractivity contribution in [1.29, 1.82) is 5.26 Å². The topological polar surface area (TPSA) is 50.8 Å². The molecule has 0 aliphatic heterocycles. The molecule has 5 heteroatoms. The number of hydrogen-bond acceptors (Lipinski definition) is 3. The van der Waals surface area contributed by atoms with E-state index < -0.39 is 0 Å². The molecule has 3 rings (SSSR count). The highest BCUT2D eigenvalue weighted by Gasteiger charge is 2.11. The van der Waals surface area contributed by atoms with E-state index in [4.69, 9.17) is 21.6 Å². The number of rotatable bonds is 4. The van der Waals surface area contributed by atoms with E-state index in [0.717, 1.165) is 11.0 Å². The largest absolute Gasteiger partial charge is 0.484 e. The van der Waals surface area contributed by atoms with Gasteiger partial charge in [0.1, 0.15) is 24.7 Å². The Kier molecular flexibility index (Phi) is 3.76. The smallest absolute Gasteiger partial charge is 0.148 e. The molecule has 3 aromatic rings. The van der Waals surface area contributed by atoms with Crippen molar-refractivity contribution < 1.29 is 4.74 Å². The molecule has 0 unspecified atom stereocenters. The lowest BCUT2D eigenvalue weighted by Gasteiger charge is -2.08. The van der Waals surface area contributed by atoms with Gasteiger partial charge in [0.2, 0.25) is 0 Å². The number of aromatic nitrogens is 2. The van der Waals surface area contributed by atoms with Crippen LogP contribution in [0.15, 0.2) is 48.5 Å². The van der Waals surface area contributed by atoms with Crippen LogP contribution in [0.1, 0.15) is 5.82 Å². The second-order valence-electron chi connectivity index (χ2n) is 4.48. The summed E-state index contributed by atoms with van der Waals surface area (Å²) in [4.78, 5) is 4.52. The van der Waals surface area contributed by atoms with Gasteiger partial charge in [-0.2, -0.15) is 5.26 Å². The van der Waals surface area contributed by atoms with Crippen LogP contribution in [-0.2, 0) is 13.2 Å². The number of benzene rings is 2. The molecule has 0 N–H and O–H groups in total. The minimum atomic E-state index is 0.238. The van der Waals surface area contributed by atoms with Crippen LogP contribution < -0.4 is 4.74 Å². The summed E-state index contributed by atoms with van der Waals surface area (Å²) in [5, 5.41) is 9.55. The van der Waals surface area contributed by atoms with E-state index in [1.165, 1.54) is 0 Å². The average Bonchev–Trinajstić information content (AvgIpc) is 2.85. The van der Waals surface area contributed by atoms with Crippen LogP contribution in [0, 0.1) is 11.3 Å². The number of nitriles is 1. The summed E-state index contributed by atoms with van der Waals surface area (Å²) in [6.45, 7) is 0.502. The molecule has 0 aliphatic rings. The highest BCUT2D eigenvalue weighted by atomic mass is 35.5. The third-order valence-corrected chi connectivity index (χ3v) is 3.47. The van der Waals surface area contributed by atoms with Crippen LogP contribution in [-0.4, -0.2) is 9.55 Å². The molecule has 2 aromatic carbocycles. The summed E-state index contributed by atoms with van der Waals surface area (Å²) in [7, 11) is 0. The Labute approximate surface area is 127 Å². The minimum Gasteiger partial charge on any atom is -0.484 e. The summed E-state index contributed by atoms with van der Waals surface area (Å²) in [6.07, 6.45) is 0. The first-order chi connectivity index (χ1) is 10.3. The minimum absolute atomic E-state index is 0.238. The Morgan fingerprint density at radius 2 is 1.90 bits per heavy atom. The van der Waals surface area contributed by atoms with Gasteiger partial charge in [0, 0.05) is 0 Å². The monoisotopic (exact) mass is 297 g/mol. The summed E-state index contributed by atoms with van der Waals surface area (Å²) < 4.78 is 7.57. The van der Waals surface area contributed by atoms with Crippen molar-refractivity contribution in [3.63, 3.8) is 0 Å². The van der Waals surface area contributed by atoms with Gasteiger partial charge in [-0.1, -0.05) is 35.9 Å².